The van der Waals surface area contributed by atoms with Gasteiger partial charge in [0, 0.05) is 13.6 Å². The minimum Gasteiger partial charge on any atom is -0.325 e. The highest BCUT2D eigenvalue weighted by molar-refractivity contribution is 5.13. The van der Waals surface area contributed by atoms with Gasteiger partial charge >= 0.3 is 0 Å². The van der Waals surface area contributed by atoms with Crippen LogP contribution >= 0.6 is 0 Å². The predicted octanol–water partition coefficient (Wildman–Crippen LogP) is 0.397. The van der Waals surface area contributed by atoms with Crippen molar-refractivity contribution in [3.8, 4) is 0 Å². The maximum Gasteiger partial charge on any atom is 0.0997 e. The molecule has 0 bridgehead atoms. The molecule has 1 rings (SSSR count). The van der Waals surface area contributed by atoms with E-state index in [0.29, 0.717) is 12.5 Å². The number of hydrogen-bond acceptors (Lipinski definition) is 3. The fourth-order valence-electron chi connectivity index (χ4n) is 1.26. The standard InChI is InChI=1S/C7H14N4/c1-5(2)7-6(4-8)9-10-11(7)3/h5H,4,8H2,1-3H3. The normalized spacial score (nSPS) is 11.0. The van der Waals surface area contributed by atoms with Crippen molar-refractivity contribution in [2.75, 3.05) is 0 Å². The number of rotatable bonds is 2. The van der Waals surface area contributed by atoms with Crippen LogP contribution in [0.3, 0.4) is 0 Å². The van der Waals surface area contributed by atoms with Crippen molar-refractivity contribution in [2.24, 2.45) is 12.8 Å². The number of nitrogens with two attached hydrogens (primary N) is 1. The van der Waals surface area contributed by atoms with Crippen molar-refractivity contribution < 1.29 is 0 Å². The molecule has 1 heterocycles. The summed E-state index contributed by atoms with van der Waals surface area (Å²) in [4.78, 5) is 0. The largest absolute Gasteiger partial charge is 0.325 e. The third-order valence-corrected chi connectivity index (χ3v) is 1.68. The Balaban J connectivity index is 3.07. The third-order valence-electron chi connectivity index (χ3n) is 1.68. The SMILES string of the molecule is CC(C)c1c(CN)nnn1C. The summed E-state index contributed by atoms with van der Waals surface area (Å²) in [6.07, 6.45) is 0. The quantitative estimate of drug-likeness (QED) is 0.670. The van der Waals surface area contributed by atoms with E-state index in [2.05, 4.69) is 24.2 Å². The Morgan fingerprint density at radius 2 is 2.18 bits per heavy atom. The molecule has 11 heavy (non-hydrogen) atoms. The van der Waals surface area contributed by atoms with Gasteiger partial charge in [-0.2, -0.15) is 0 Å². The fraction of sp³-hybridized carbons (Fsp3) is 0.714. The molecule has 0 aliphatic rings. The molecule has 0 spiro atoms. The summed E-state index contributed by atoms with van der Waals surface area (Å²) in [6.45, 7) is 4.69. The number of aryl methyl sites for hydroxylation is 1. The van der Waals surface area contributed by atoms with Crippen LogP contribution in [0.25, 0.3) is 0 Å². The molecule has 62 valence electrons. The molecule has 1 aromatic rings. The van der Waals surface area contributed by atoms with Crippen LogP contribution in [0.5, 0.6) is 0 Å². The summed E-state index contributed by atoms with van der Waals surface area (Å²) in [5.41, 5.74) is 7.52. The lowest BCUT2D eigenvalue weighted by molar-refractivity contribution is 0.647. The Labute approximate surface area is 66.4 Å². The first kappa shape index (κ1) is 8.20. The van der Waals surface area contributed by atoms with Crippen LogP contribution in [0.1, 0.15) is 31.2 Å². The first-order valence-electron chi connectivity index (χ1n) is 3.75. The van der Waals surface area contributed by atoms with Gasteiger partial charge in [-0.05, 0) is 5.92 Å². The maximum absolute atomic E-state index is 5.49. The van der Waals surface area contributed by atoms with Gasteiger partial charge in [0.15, 0.2) is 0 Å². The monoisotopic (exact) mass is 154 g/mol. The molecule has 0 aliphatic heterocycles. The number of nitrogens with zero attached hydrogens (tertiary/aromatic N) is 3. The van der Waals surface area contributed by atoms with Crippen LogP contribution in [0.4, 0.5) is 0 Å². The van der Waals surface area contributed by atoms with Crippen molar-refractivity contribution in [3.63, 3.8) is 0 Å². The molecule has 4 heteroatoms. The summed E-state index contributed by atoms with van der Waals surface area (Å²) in [7, 11) is 1.89. The van der Waals surface area contributed by atoms with Crippen LogP contribution in [-0.2, 0) is 13.6 Å². The fourth-order valence-corrected chi connectivity index (χ4v) is 1.26. The van der Waals surface area contributed by atoms with Crippen LogP contribution in [-0.4, -0.2) is 15.0 Å². The molecule has 2 N–H and O–H groups in total. The predicted molar refractivity (Wildman–Crippen MR) is 43.0 cm³/mol. The molecule has 0 amide bonds. The van der Waals surface area contributed by atoms with Crippen LogP contribution in [0.15, 0.2) is 0 Å². The maximum atomic E-state index is 5.49. The first-order valence-corrected chi connectivity index (χ1v) is 3.75. The van der Waals surface area contributed by atoms with E-state index in [1.54, 1.807) is 4.68 Å². The molecular formula is C7H14N4. The van der Waals surface area contributed by atoms with Gasteiger partial charge < -0.3 is 5.73 Å². The zero-order valence-electron chi connectivity index (χ0n) is 7.20. The zero-order valence-corrected chi connectivity index (χ0v) is 7.20. The average molecular weight is 154 g/mol. The number of hydrogen-bond donors (Lipinski definition) is 1. The Kier molecular flexibility index (Phi) is 2.24. The Morgan fingerprint density at radius 3 is 2.55 bits per heavy atom. The Morgan fingerprint density at radius 1 is 1.55 bits per heavy atom. The summed E-state index contributed by atoms with van der Waals surface area (Å²) in [6, 6.07) is 0. The minimum atomic E-state index is 0.438. The first-order chi connectivity index (χ1) is 5.16. The van der Waals surface area contributed by atoms with Crippen LogP contribution < -0.4 is 5.73 Å². The van der Waals surface area contributed by atoms with Crippen molar-refractivity contribution in [2.45, 2.75) is 26.3 Å². The summed E-state index contributed by atoms with van der Waals surface area (Å²) in [5, 5.41) is 7.84. The van der Waals surface area contributed by atoms with Gasteiger partial charge in [-0.1, -0.05) is 19.1 Å². The lowest BCUT2D eigenvalue weighted by atomic mass is 10.1. The summed E-state index contributed by atoms with van der Waals surface area (Å²) < 4.78 is 1.78. The van der Waals surface area contributed by atoms with Crippen LogP contribution in [0, 0.1) is 0 Å². The summed E-state index contributed by atoms with van der Waals surface area (Å²) >= 11 is 0. The van der Waals surface area contributed by atoms with Gasteiger partial charge in [0.2, 0.25) is 0 Å². The van der Waals surface area contributed by atoms with E-state index >= 15 is 0 Å². The van der Waals surface area contributed by atoms with Gasteiger partial charge in [0.1, 0.15) is 0 Å². The molecular weight excluding hydrogens is 140 g/mol. The molecule has 0 saturated heterocycles. The highest BCUT2D eigenvalue weighted by Gasteiger charge is 2.11. The molecule has 0 unspecified atom stereocenters. The van der Waals surface area contributed by atoms with E-state index in [1.807, 2.05) is 7.05 Å². The second kappa shape index (κ2) is 3.00. The zero-order chi connectivity index (χ0) is 8.43. The van der Waals surface area contributed by atoms with E-state index < -0.39 is 0 Å². The second-order valence-corrected chi connectivity index (χ2v) is 2.90. The van der Waals surface area contributed by atoms with Crippen LogP contribution in [0.2, 0.25) is 0 Å². The summed E-state index contributed by atoms with van der Waals surface area (Å²) in [5.74, 6) is 0.438. The molecule has 1 aromatic heterocycles. The van der Waals surface area contributed by atoms with Gasteiger partial charge in [0.05, 0.1) is 11.4 Å². The molecule has 0 saturated carbocycles. The Hall–Kier alpha value is -0.900. The molecule has 0 fully saturated rings. The molecule has 0 atom stereocenters. The Bertz CT molecular complexity index is 239. The minimum absolute atomic E-state index is 0.438. The van der Waals surface area contributed by atoms with Gasteiger partial charge in [-0.25, -0.2) is 0 Å². The van der Waals surface area contributed by atoms with E-state index in [1.165, 1.54) is 0 Å². The smallest absolute Gasteiger partial charge is 0.0997 e. The van der Waals surface area contributed by atoms with Crippen molar-refractivity contribution in [1.29, 1.82) is 0 Å². The van der Waals surface area contributed by atoms with Gasteiger partial charge in [0.25, 0.3) is 0 Å². The van der Waals surface area contributed by atoms with E-state index in [4.69, 9.17) is 5.73 Å². The lowest BCUT2D eigenvalue weighted by Crippen LogP contribution is -2.05. The molecule has 0 radical (unpaired) electrons. The molecule has 0 aromatic carbocycles. The second-order valence-electron chi connectivity index (χ2n) is 2.90. The van der Waals surface area contributed by atoms with E-state index in [0.717, 1.165) is 11.4 Å². The lowest BCUT2D eigenvalue weighted by Gasteiger charge is -2.05. The van der Waals surface area contributed by atoms with Crippen molar-refractivity contribution >= 4 is 0 Å². The highest BCUT2D eigenvalue weighted by Crippen LogP contribution is 2.15. The van der Waals surface area contributed by atoms with Gasteiger partial charge in [-0.15, -0.1) is 5.10 Å². The molecule has 4 nitrogen and oxygen atoms in total. The topological polar surface area (TPSA) is 56.7 Å². The van der Waals surface area contributed by atoms with Crippen molar-refractivity contribution in [3.05, 3.63) is 11.4 Å². The molecule has 0 aliphatic carbocycles. The number of aromatic nitrogens is 3. The van der Waals surface area contributed by atoms with Crippen molar-refractivity contribution in [1.82, 2.24) is 15.0 Å². The third kappa shape index (κ3) is 1.40. The van der Waals surface area contributed by atoms with Gasteiger partial charge in [-0.3, -0.25) is 4.68 Å². The van der Waals surface area contributed by atoms with E-state index in [-0.39, 0.29) is 0 Å². The van der Waals surface area contributed by atoms with E-state index in [9.17, 15) is 0 Å². The average Bonchev–Trinajstić information content (AvgIpc) is 2.30. The highest BCUT2D eigenvalue weighted by atomic mass is 15.4.